The summed E-state index contributed by atoms with van der Waals surface area (Å²) in [7, 11) is -3.73. The maximum absolute atomic E-state index is 14.2. The van der Waals surface area contributed by atoms with E-state index >= 15 is 0 Å². The predicted octanol–water partition coefficient (Wildman–Crippen LogP) is 3.74. The van der Waals surface area contributed by atoms with E-state index in [0.717, 1.165) is 11.1 Å². The summed E-state index contributed by atoms with van der Waals surface area (Å²) in [6, 6.07) is 11.3. The highest BCUT2D eigenvalue weighted by Crippen LogP contribution is 2.69. The van der Waals surface area contributed by atoms with Gasteiger partial charge in [0.1, 0.15) is 5.82 Å². The van der Waals surface area contributed by atoms with Crippen molar-refractivity contribution in [3.05, 3.63) is 65.2 Å². The molecule has 1 fully saturated rings. The Labute approximate surface area is 162 Å². The van der Waals surface area contributed by atoms with E-state index in [1.807, 2.05) is 0 Å². The van der Waals surface area contributed by atoms with Crippen LogP contribution in [0.25, 0.3) is 11.5 Å². The maximum atomic E-state index is 14.2. The third-order valence-electron chi connectivity index (χ3n) is 5.55. The van der Waals surface area contributed by atoms with E-state index in [2.05, 4.69) is 24.0 Å². The van der Waals surface area contributed by atoms with E-state index in [9.17, 15) is 12.8 Å². The van der Waals surface area contributed by atoms with Crippen molar-refractivity contribution in [2.75, 3.05) is 0 Å². The first-order valence-corrected chi connectivity index (χ1v) is 10.4. The molecule has 1 aromatic heterocycles. The summed E-state index contributed by atoms with van der Waals surface area (Å²) in [4.78, 5) is 4.53. The molecule has 3 aromatic rings. The van der Waals surface area contributed by atoms with Crippen LogP contribution in [-0.2, 0) is 10.0 Å². The molecule has 0 amide bonds. The fourth-order valence-corrected chi connectivity index (χ4v) is 4.49. The number of aryl methyl sites for hydroxylation is 1. The van der Waals surface area contributed by atoms with Crippen molar-refractivity contribution in [2.24, 2.45) is 10.6 Å². The molecule has 28 heavy (non-hydrogen) atoms. The highest BCUT2D eigenvalue weighted by atomic mass is 32.2. The molecule has 1 aliphatic rings. The fourth-order valence-electron chi connectivity index (χ4n) is 3.97. The molecule has 2 atom stereocenters. The number of benzene rings is 2. The van der Waals surface area contributed by atoms with Gasteiger partial charge < -0.3 is 4.52 Å². The molecule has 2 aromatic carbocycles. The molecule has 1 saturated carbocycles. The number of halogens is 1. The van der Waals surface area contributed by atoms with Gasteiger partial charge >= 0.3 is 0 Å². The quantitative estimate of drug-likeness (QED) is 0.718. The Bertz CT molecular complexity index is 1130. The van der Waals surface area contributed by atoms with Gasteiger partial charge in [0, 0.05) is 11.8 Å². The summed E-state index contributed by atoms with van der Waals surface area (Å²) in [6.07, 6.45) is 0. The number of primary sulfonamides is 1. The van der Waals surface area contributed by atoms with E-state index < -0.39 is 15.8 Å². The van der Waals surface area contributed by atoms with Gasteiger partial charge in [0.05, 0.1) is 10.5 Å². The van der Waals surface area contributed by atoms with Crippen LogP contribution in [0.15, 0.2) is 51.9 Å². The van der Waals surface area contributed by atoms with E-state index in [0.29, 0.717) is 11.4 Å². The standard InChI is InChI=1S/C20H20FN3O3S/c1-11-5-4-6-14(21)15(11)19-23-18(24-27-19)17-16(20(17,2)3)12-7-9-13(10-8-12)28(22,25)26/h4-10,16-17H,1-3H3,(H2,22,25,26)/t16-,17+/m0/s1. The lowest BCUT2D eigenvalue weighted by Gasteiger charge is -2.04. The molecule has 8 heteroatoms. The number of rotatable bonds is 4. The minimum absolute atomic E-state index is 0.0163. The third-order valence-corrected chi connectivity index (χ3v) is 6.48. The summed E-state index contributed by atoms with van der Waals surface area (Å²) in [5.41, 5.74) is 1.86. The van der Waals surface area contributed by atoms with Crippen molar-refractivity contribution in [3.8, 4) is 11.5 Å². The Morgan fingerprint density at radius 3 is 2.39 bits per heavy atom. The molecule has 4 rings (SSSR count). The Hall–Kier alpha value is -2.58. The van der Waals surface area contributed by atoms with Gasteiger partial charge in [0.25, 0.3) is 5.89 Å². The molecule has 0 radical (unpaired) electrons. The zero-order chi connectivity index (χ0) is 20.3. The average Bonchev–Trinajstić information content (AvgIpc) is 2.95. The summed E-state index contributed by atoms with van der Waals surface area (Å²) in [6.45, 7) is 5.96. The Morgan fingerprint density at radius 1 is 1.11 bits per heavy atom. The topological polar surface area (TPSA) is 99.1 Å². The van der Waals surface area contributed by atoms with Crippen molar-refractivity contribution in [1.29, 1.82) is 0 Å². The molecule has 2 N–H and O–H groups in total. The number of sulfonamides is 1. The third kappa shape index (κ3) is 3.02. The minimum Gasteiger partial charge on any atom is -0.334 e. The molecule has 0 aliphatic heterocycles. The lowest BCUT2D eigenvalue weighted by molar-refractivity contribution is 0.417. The molecule has 1 aliphatic carbocycles. The van der Waals surface area contributed by atoms with Crippen LogP contribution in [0.1, 0.15) is 42.6 Å². The molecule has 6 nitrogen and oxygen atoms in total. The largest absolute Gasteiger partial charge is 0.334 e. The van der Waals surface area contributed by atoms with Crippen LogP contribution in [-0.4, -0.2) is 18.6 Å². The molecule has 0 unspecified atom stereocenters. The van der Waals surface area contributed by atoms with Gasteiger partial charge in [-0.3, -0.25) is 0 Å². The number of nitrogens with zero attached hydrogens (tertiary/aromatic N) is 2. The first kappa shape index (κ1) is 18.8. The smallest absolute Gasteiger partial charge is 0.261 e. The lowest BCUT2D eigenvalue weighted by atomic mass is 10.0. The fraction of sp³-hybridized carbons (Fsp3) is 0.300. The molecular formula is C20H20FN3O3S. The van der Waals surface area contributed by atoms with Crippen LogP contribution >= 0.6 is 0 Å². The predicted molar refractivity (Wildman–Crippen MR) is 102 cm³/mol. The van der Waals surface area contributed by atoms with Crippen molar-refractivity contribution >= 4 is 10.0 Å². The molecule has 146 valence electrons. The van der Waals surface area contributed by atoms with Gasteiger partial charge in [0.2, 0.25) is 10.0 Å². The summed E-state index contributed by atoms with van der Waals surface area (Å²) in [5, 5.41) is 9.26. The van der Waals surface area contributed by atoms with Crippen molar-refractivity contribution < 1.29 is 17.3 Å². The van der Waals surface area contributed by atoms with Gasteiger partial charge in [-0.2, -0.15) is 4.98 Å². The van der Waals surface area contributed by atoms with E-state index in [1.54, 1.807) is 31.2 Å². The second kappa shape index (κ2) is 6.22. The minimum atomic E-state index is -3.73. The first-order valence-electron chi connectivity index (χ1n) is 8.82. The zero-order valence-electron chi connectivity index (χ0n) is 15.7. The Balaban J connectivity index is 1.65. The monoisotopic (exact) mass is 401 g/mol. The molecular weight excluding hydrogens is 381 g/mol. The maximum Gasteiger partial charge on any atom is 0.261 e. The highest BCUT2D eigenvalue weighted by Gasteiger charge is 2.61. The van der Waals surface area contributed by atoms with Crippen LogP contribution < -0.4 is 5.14 Å². The van der Waals surface area contributed by atoms with Crippen molar-refractivity contribution in [3.63, 3.8) is 0 Å². The first-order chi connectivity index (χ1) is 13.1. The summed E-state index contributed by atoms with van der Waals surface area (Å²) in [5.74, 6) is 0.354. The SMILES string of the molecule is Cc1cccc(F)c1-c1nc([C@H]2[C@H](c3ccc(S(N)(=O)=O)cc3)C2(C)C)no1. The summed E-state index contributed by atoms with van der Waals surface area (Å²) >= 11 is 0. The van der Waals surface area contributed by atoms with Gasteiger partial charge in [-0.15, -0.1) is 0 Å². The number of hydrogen-bond acceptors (Lipinski definition) is 5. The average molecular weight is 401 g/mol. The number of aromatic nitrogens is 2. The van der Waals surface area contributed by atoms with E-state index in [4.69, 9.17) is 9.66 Å². The van der Waals surface area contributed by atoms with Crippen LogP contribution in [0.2, 0.25) is 0 Å². The normalized spacial score (nSPS) is 20.9. The van der Waals surface area contributed by atoms with Crippen LogP contribution in [0.5, 0.6) is 0 Å². The van der Waals surface area contributed by atoms with E-state index in [1.165, 1.54) is 18.2 Å². The lowest BCUT2D eigenvalue weighted by Crippen LogP contribution is -2.11. The van der Waals surface area contributed by atoms with Crippen molar-refractivity contribution in [1.82, 2.24) is 10.1 Å². The molecule has 0 bridgehead atoms. The van der Waals surface area contributed by atoms with Gasteiger partial charge in [0.15, 0.2) is 5.82 Å². The van der Waals surface area contributed by atoms with Gasteiger partial charge in [-0.05, 0) is 41.7 Å². The summed E-state index contributed by atoms with van der Waals surface area (Å²) < 4.78 is 42.5. The van der Waals surface area contributed by atoms with Crippen molar-refractivity contribution in [2.45, 2.75) is 37.5 Å². The van der Waals surface area contributed by atoms with Crippen LogP contribution in [0.4, 0.5) is 4.39 Å². The molecule has 1 heterocycles. The number of hydrogen-bond donors (Lipinski definition) is 1. The molecule has 0 saturated heterocycles. The van der Waals surface area contributed by atoms with Crippen LogP contribution in [0.3, 0.4) is 0 Å². The second-order valence-corrected chi connectivity index (χ2v) is 9.34. The van der Waals surface area contributed by atoms with E-state index in [-0.39, 0.29) is 28.0 Å². The van der Waals surface area contributed by atoms with Crippen LogP contribution in [0, 0.1) is 18.2 Å². The zero-order valence-corrected chi connectivity index (χ0v) is 16.5. The Morgan fingerprint density at radius 2 is 1.79 bits per heavy atom. The Kier molecular flexibility index (Phi) is 4.17. The van der Waals surface area contributed by atoms with Gasteiger partial charge in [-0.1, -0.05) is 43.3 Å². The highest BCUT2D eigenvalue weighted by molar-refractivity contribution is 7.89. The number of nitrogens with two attached hydrogens (primary N) is 1. The second-order valence-electron chi connectivity index (χ2n) is 7.78. The molecule has 0 spiro atoms. The van der Waals surface area contributed by atoms with Gasteiger partial charge in [-0.25, -0.2) is 17.9 Å².